The number of carbonyl (C=O) groups excluding carboxylic acids is 6. The van der Waals surface area contributed by atoms with E-state index in [4.69, 9.17) is 4.74 Å². The van der Waals surface area contributed by atoms with Crippen LogP contribution in [0.25, 0.3) is 0 Å². The van der Waals surface area contributed by atoms with Crippen molar-refractivity contribution in [2.75, 3.05) is 55.0 Å². The van der Waals surface area contributed by atoms with E-state index >= 15 is 4.39 Å². The number of methoxy groups -OCH3 is 1. The molecular weight excluding hydrogens is 798 g/mol. The molecule has 7 heterocycles. The molecule has 0 spiro atoms. The van der Waals surface area contributed by atoms with E-state index in [1.165, 1.54) is 13.2 Å². The smallest absolute Gasteiger partial charge is 0.262 e. The number of aromatic nitrogens is 2. The highest BCUT2D eigenvalue weighted by Gasteiger charge is 2.48. The molecule has 6 aliphatic rings. The molecule has 0 radical (unpaired) electrons. The number of aromatic amines is 1. The second-order valence-electron chi connectivity index (χ2n) is 17.1. The summed E-state index contributed by atoms with van der Waals surface area (Å²) in [5.74, 6) is -2.62. The van der Waals surface area contributed by atoms with E-state index in [9.17, 15) is 28.8 Å². The van der Waals surface area contributed by atoms with E-state index in [2.05, 4.69) is 30.6 Å². The third-order valence-electron chi connectivity index (χ3n) is 13.5. The van der Waals surface area contributed by atoms with Crippen LogP contribution in [0.4, 0.5) is 21.6 Å². The summed E-state index contributed by atoms with van der Waals surface area (Å²) in [7, 11) is 1.52. The van der Waals surface area contributed by atoms with Gasteiger partial charge >= 0.3 is 0 Å². The van der Waals surface area contributed by atoms with Gasteiger partial charge in [-0.05, 0) is 73.6 Å². The van der Waals surface area contributed by atoms with Crippen molar-refractivity contribution in [3.63, 3.8) is 0 Å². The monoisotopic (exact) mass is 843 g/mol. The second kappa shape index (κ2) is 15.8. The van der Waals surface area contributed by atoms with Gasteiger partial charge in [-0.3, -0.25) is 49.0 Å². The highest BCUT2D eigenvalue weighted by molar-refractivity contribution is 6.23. The highest BCUT2D eigenvalue weighted by atomic mass is 19.1. The Bertz CT molecular complexity index is 2490. The van der Waals surface area contributed by atoms with Crippen molar-refractivity contribution in [2.24, 2.45) is 5.92 Å². The lowest BCUT2D eigenvalue weighted by atomic mass is 9.95. The highest BCUT2D eigenvalue weighted by Crippen LogP contribution is 2.40. The molecule has 16 nitrogen and oxygen atoms in total. The van der Waals surface area contributed by atoms with Gasteiger partial charge in [0.15, 0.2) is 11.9 Å². The van der Waals surface area contributed by atoms with Crippen LogP contribution >= 0.6 is 0 Å². The van der Waals surface area contributed by atoms with Gasteiger partial charge in [0.25, 0.3) is 23.6 Å². The molecule has 17 heteroatoms. The van der Waals surface area contributed by atoms with Gasteiger partial charge in [-0.2, -0.15) is 5.10 Å². The van der Waals surface area contributed by atoms with Crippen molar-refractivity contribution in [1.82, 2.24) is 30.2 Å². The van der Waals surface area contributed by atoms with E-state index in [1.807, 2.05) is 59.5 Å². The van der Waals surface area contributed by atoms with Crippen LogP contribution < -0.4 is 20.4 Å². The number of piperazine rings is 1. The quantitative estimate of drug-likeness (QED) is 0.199. The predicted molar refractivity (Wildman–Crippen MR) is 223 cm³/mol. The van der Waals surface area contributed by atoms with Crippen LogP contribution in [-0.2, 0) is 32.2 Å². The van der Waals surface area contributed by atoms with E-state index in [1.54, 1.807) is 4.90 Å². The summed E-state index contributed by atoms with van der Waals surface area (Å²) in [4.78, 5) is 86.9. The number of amides is 6. The van der Waals surface area contributed by atoms with E-state index in [0.29, 0.717) is 42.6 Å². The van der Waals surface area contributed by atoms with E-state index in [-0.39, 0.29) is 47.9 Å². The molecule has 3 aromatic carbocycles. The van der Waals surface area contributed by atoms with Crippen molar-refractivity contribution in [3.8, 4) is 0 Å². The molecule has 3 N–H and O–H groups in total. The van der Waals surface area contributed by atoms with Crippen LogP contribution in [0.15, 0.2) is 66.7 Å². The first-order valence-corrected chi connectivity index (χ1v) is 21.2. The predicted octanol–water partition coefficient (Wildman–Crippen LogP) is 3.61. The normalized spacial score (nSPS) is 23.0. The van der Waals surface area contributed by atoms with Crippen LogP contribution in [0.1, 0.15) is 86.1 Å². The first-order valence-electron chi connectivity index (χ1n) is 21.2. The standard InChI is InChI=1S/C45H46FN9O7/c1-62-39(26-5-3-2-4-6-26)45(61)53-23-33-35(24-53)49-50-40(33)48-41(57)27-7-9-28(10-8-27)51-15-13-25(14-16-51)20-52-21-30-17-29(52)22-54(30)37-19-32-31(18-34(37)46)43(59)55(44(32)60)36-11-12-38(56)47-42(36)58/h2-10,18-19,25,29-30,36,39H,11-17,20-24H2,1H3,(H,47,56,58)(H2,48,49,50,57). The number of likely N-dealkylation sites (tertiary alicyclic amines) is 1. The number of benzene rings is 3. The summed E-state index contributed by atoms with van der Waals surface area (Å²) >= 11 is 0. The van der Waals surface area contributed by atoms with Crippen molar-refractivity contribution in [1.29, 1.82) is 0 Å². The lowest BCUT2D eigenvalue weighted by Gasteiger charge is -2.40. The van der Waals surface area contributed by atoms with Gasteiger partial charge in [-0.15, -0.1) is 0 Å². The molecule has 2 bridgehead atoms. The Morgan fingerprint density at radius 3 is 2.35 bits per heavy atom. The number of nitrogens with one attached hydrogen (secondary N) is 3. The zero-order valence-corrected chi connectivity index (χ0v) is 34.1. The molecule has 4 fully saturated rings. The molecule has 4 saturated heterocycles. The summed E-state index contributed by atoms with van der Waals surface area (Å²) in [6.07, 6.45) is 2.24. The number of rotatable bonds is 10. The molecule has 0 saturated carbocycles. The van der Waals surface area contributed by atoms with Gasteiger partial charge in [-0.25, -0.2) is 4.39 Å². The summed E-state index contributed by atoms with van der Waals surface area (Å²) in [5.41, 5.74) is 4.20. The van der Waals surface area contributed by atoms with Crippen molar-refractivity contribution < 1.29 is 37.9 Å². The van der Waals surface area contributed by atoms with Crippen molar-refractivity contribution in [2.45, 2.75) is 69.4 Å². The fourth-order valence-electron chi connectivity index (χ4n) is 10.2. The van der Waals surface area contributed by atoms with Crippen LogP contribution in [0.2, 0.25) is 0 Å². The van der Waals surface area contributed by atoms with E-state index in [0.717, 1.165) is 78.9 Å². The van der Waals surface area contributed by atoms with Crippen LogP contribution in [0, 0.1) is 11.7 Å². The first kappa shape index (κ1) is 39.7. The van der Waals surface area contributed by atoms with Gasteiger partial charge < -0.3 is 24.8 Å². The van der Waals surface area contributed by atoms with Crippen LogP contribution in [0.3, 0.4) is 0 Å². The molecule has 10 rings (SSSR count). The molecule has 4 aromatic rings. The summed E-state index contributed by atoms with van der Waals surface area (Å²) in [5, 5.41) is 12.4. The maximum atomic E-state index is 15.6. The number of anilines is 3. The third-order valence-corrected chi connectivity index (χ3v) is 13.5. The fraction of sp³-hybridized carbons (Fsp3) is 0.400. The maximum absolute atomic E-state index is 15.6. The van der Waals surface area contributed by atoms with Gasteiger partial charge in [0.1, 0.15) is 11.9 Å². The Morgan fingerprint density at radius 2 is 1.66 bits per heavy atom. The lowest BCUT2D eigenvalue weighted by molar-refractivity contribution is -0.143. The number of fused-ring (bicyclic) bond motifs is 4. The molecule has 6 amide bonds. The van der Waals surface area contributed by atoms with Gasteiger partial charge in [-0.1, -0.05) is 30.3 Å². The van der Waals surface area contributed by atoms with Gasteiger partial charge in [0.05, 0.1) is 35.6 Å². The molecule has 320 valence electrons. The van der Waals surface area contributed by atoms with E-state index < -0.39 is 41.6 Å². The van der Waals surface area contributed by atoms with Crippen molar-refractivity contribution >= 4 is 52.6 Å². The zero-order valence-electron chi connectivity index (χ0n) is 34.1. The Hall–Kier alpha value is -6.46. The molecule has 1 aromatic heterocycles. The van der Waals surface area contributed by atoms with Crippen LogP contribution in [0.5, 0.6) is 0 Å². The van der Waals surface area contributed by atoms with Crippen molar-refractivity contribution in [3.05, 3.63) is 106 Å². The number of piperidine rings is 2. The minimum Gasteiger partial charge on any atom is -0.372 e. The Morgan fingerprint density at radius 1 is 0.919 bits per heavy atom. The Labute approximate surface area is 356 Å². The zero-order chi connectivity index (χ0) is 42.8. The average molecular weight is 844 g/mol. The minimum absolute atomic E-state index is 0.0154. The van der Waals surface area contributed by atoms with Crippen LogP contribution in [-0.4, -0.2) is 118 Å². The second-order valence-corrected chi connectivity index (χ2v) is 17.1. The summed E-state index contributed by atoms with van der Waals surface area (Å²) in [6.45, 7) is 4.76. The molecular formula is C45H46FN9O7. The SMILES string of the molecule is COC(C(=O)N1Cc2[nH]nc(NC(=O)c3ccc(N4CCC(CN5CC6CC5CN6c5cc6c(cc5F)C(=O)N(C5CCC(=O)NC5=O)C6=O)CC4)cc3)c2C1)c1ccccc1. The maximum Gasteiger partial charge on any atom is 0.262 e. The number of halogens is 1. The topological polar surface area (TPSA) is 181 Å². The number of carbonyl (C=O) groups is 6. The fourth-order valence-corrected chi connectivity index (χ4v) is 10.2. The van der Waals surface area contributed by atoms with Gasteiger partial charge in [0.2, 0.25) is 11.8 Å². The average Bonchev–Trinajstić information content (AvgIpc) is 4.11. The number of nitrogens with zero attached hydrogens (tertiary/aromatic N) is 6. The summed E-state index contributed by atoms with van der Waals surface area (Å²) < 4.78 is 21.2. The molecule has 4 atom stereocenters. The number of ether oxygens (including phenoxy) is 1. The molecule has 6 aliphatic heterocycles. The molecule has 0 aliphatic carbocycles. The summed E-state index contributed by atoms with van der Waals surface area (Å²) in [6, 6.07) is 18.7. The molecule has 62 heavy (non-hydrogen) atoms. The number of hydrogen-bond donors (Lipinski definition) is 3. The molecule has 4 unspecified atom stereocenters. The lowest BCUT2D eigenvalue weighted by Crippen LogP contribution is -2.54. The Balaban J connectivity index is 0.702. The number of imide groups is 2. The third kappa shape index (κ3) is 6.98. The van der Waals surface area contributed by atoms with Gasteiger partial charge in [0, 0.05) is 75.2 Å². The first-order chi connectivity index (χ1) is 30.0. The Kier molecular flexibility index (Phi) is 10.1. The number of H-pyrrole nitrogens is 1. The number of hydrogen-bond acceptors (Lipinski definition) is 11. The largest absolute Gasteiger partial charge is 0.372 e. The minimum atomic E-state index is -1.10.